The molecular weight excluding hydrogens is 687 g/mol. The molecule has 0 spiro atoms. The Kier molecular flexibility index (Phi) is 11.1. The van der Waals surface area contributed by atoms with Crippen molar-refractivity contribution in [1.82, 2.24) is 25.0 Å². The number of likely N-dealkylation sites (tertiary alicyclic amines) is 1. The smallest absolute Gasteiger partial charge is 0.264 e. The van der Waals surface area contributed by atoms with E-state index in [1.54, 1.807) is 30.6 Å². The highest BCUT2D eigenvalue weighted by Crippen LogP contribution is 2.37. The van der Waals surface area contributed by atoms with Gasteiger partial charge in [-0.05, 0) is 74.7 Å². The van der Waals surface area contributed by atoms with E-state index in [0.717, 1.165) is 31.7 Å². The van der Waals surface area contributed by atoms with Crippen LogP contribution in [0.5, 0.6) is 0 Å². The highest BCUT2D eigenvalue weighted by Gasteiger charge is 2.42. The first-order chi connectivity index (χ1) is 23.6. The van der Waals surface area contributed by atoms with E-state index < -0.39 is 16.1 Å². The average Bonchev–Trinajstić information content (AvgIpc) is 3.12. The maximum Gasteiger partial charge on any atom is 0.264 e. The summed E-state index contributed by atoms with van der Waals surface area (Å²) in [4.78, 5) is 37.0. The Labute approximate surface area is 298 Å². The van der Waals surface area contributed by atoms with E-state index in [-0.39, 0.29) is 45.5 Å². The highest BCUT2D eigenvalue weighted by atomic mass is 35.5. The maximum absolute atomic E-state index is 14.0. The van der Waals surface area contributed by atoms with Gasteiger partial charge in [-0.25, -0.2) is 8.42 Å². The first-order valence-corrected chi connectivity index (χ1v) is 18.8. The van der Waals surface area contributed by atoms with Gasteiger partial charge in [-0.15, -0.1) is 0 Å². The molecule has 1 N–H and O–H groups in total. The zero-order chi connectivity index (χ0) is 34.6. The summed E-state index contributed by atoms with van der Waals surface area (Å²) >= 11 is 12.3. The number of benzene rings is 2. The number of para-hydroxylation sites is 1. The number of hydrogen-bond acceptors (Lipinski definition) is 8. The number of piperidine rings is 1. The Morgan fingerprint density at radius 1 is 0.959 bits per heavy atom. The average molecular weight is 730 g/mol. The summed E-state index contributed by atoms with van der Waals surface area (Å²) < 4.78 is 35.4. The number of pyridine rings is 1. The van der Waals surface area contributed by atoms with Crippen LogP contribution in [0.1, 0.15) is 35.2 Å². The largest absolute Gasteiger partial charge is 0.369 e. The summed E-state index contributed by atoms with van der Waals surface area (Å²) in [6.07, 6.45) is 5.87. The molecule has 0 bridgehead atoms. The Balaban J connectivity index is 1.09. The first kappa shape index (κ1) is 35.6. The highest BCUT2D eigenvalue weighted by molar-refractivity contribution is 7.92. The van der Waals surface area contributed by atoms with Gasteiger partial charge in [0.05, 0.1) is 33.3 Å². The number of nitrogens with one attached hydrogen (secondary N) is 1. The second-order valence-electron chi connectivity index (χ2n) is 13.0. The number of likely N-dealkylation sites (N-methyl/N-ethyl adjacent to an activating group) is 1. The lowest BCUT2D eigenvalue weighted by Gasteiger charge is -2.51. The summed E-state index contributed by atoms with van der Waals surface area (Å²) in [5.74, 6) is -0.272. The van der Waals surface area contributed by atoms with Crippen LogP contribution in [0.3, 0.4) is 0 Å². The van der Waals surface area contributed by atoms with Gasteiger partial charge in [-0.2, -0.15) is 0 Å². The van der Waals surface area contributed by atoms with Gasteiger partial charge in [0.1, 0.15) is 6.61 Å². The van der Waals surface area contributed by atoms with Crippen LogP contribution in [-0.4, -0.2) is 118 Å². The molecule has 14 heteroatoms. The third-order valence-corrected chi connectivity index (χ3v) is 12.6. The van der Waals surface area contributed by atoms with Gasteiger partial charge >= 0.3 is 0 Å². The molecule has 2 fully saturated rings. The molecule has 0 radical (unpaired) electrons. The van der Waals surface area contributed by atoms with E-state index in [2.05, 4.69) is 27.1 Å². The van der Waals surface area contributed by atoms with Crippen molar-refractivity contribution in [1.29, 1.82) is 0 Å². The third-order valence-electron chi connectivity index (χ3n) is 10.0. The molecule has 6 rings (SSSR count). The van der Waals surface area contributed by atoms with Crippen molar-refractivity contribution in [2.75, 3.05) is 70.4 Å². The van der Waals surface area contributed by atoms with Crippen LogP contribution in [0.2, 0.25) is 10.0 Å². The Hall–Kier alpha value is -3.26. The summed E-state index contributed by atoms with van der Waals surface area (Å²) in [5.41, 5.74) is 1.81. The van der Waals surface area contributed by atoms with E-state index in [9.17, 15) is 18.0 Å². The van der Waals surface area contributed by atoms with Crippen molar-refractivity contribution in [3.8, 4) is 0 Å². The fraction of sp³-hybridized carbons (Fsp3) is 0.457. The van der Waals surface area contributed by atoms with Gasteiger partial charge < -0.3 is 19.9 Å². The zero-order valence-corrected chi connectivity index (χ0v) is 29.9. The number of ether oxygens (including phenoxy) is 1. The molecule has 4 heterocycles. The molecule has 3 aliphatic heterocycles. The second kappa shape index (κ2) is 15.3. The summed E-state index contributed by atoms with van der Waals surface area (Å²) in [5, 5.41) is 3.58. The van der Waals surface area contributed by atoms with Crippen molar-refractivity contribution in [3.05, 3.63) is 88.2 Å². The summed E-state index contributed by atoms with van der Waals surface area (Å²) in [7, 11) is -1.90. The van der Waals surface area contributed by atoms with Crippen LogP contribution in [0.4, 0.5) is 5.69 Å². The van der Waals surface area contributed by atoms with Crippen LogP contribution in [-0.2, 0) is 26.0 Å². The van der Waals surface area contributed by atoms with Gasteiger partial charge in [0, 0.05) is 69.3 Å². The number of rotatable bonds is 10. The van der Waals surface area contributed by atoms with Crippen LogP contribution < -0.4 is 9.62 Å². The van der Waals surface area contributed by atoms with Gasteiger partial charge in [0.25, 0.3) is 15.9 Å². The van der Waals surface area contributed by atoms with Gasteiger partial charge in [-0.3, -0.25) is 23.8 Å². The number of halogens is 2. The fourth-order valence-corrected chi connectivity index (χ4v) is 9.18. The number of hydrogen-bond donors (Lipinski definition) is 1. The van der Waals surface area contributed by atoms with Crippen molar-refractivity contribution in [2.45, 2.75) is 42.2 Å². The quantitative estimate of drug-likeness (QED) is 0.334. The molecule has 2 amide bonds. The Morgan fingerprint density at radius 2 is 1.67 bits per heavy atom. The lowest BCUT2D eigenvalue weighted by atomic mass is 9.84. The molecule has 11 nitrogen and oxygen atoms in total. The molecule has 1 atom stereocenters. The predicted octanol–water partition coefficient (Wildman–Crippen LogP) is 3.95. The van der Waals surface area contributed by atoms with E-state index >= 15 is 0 Å². The van der Waals surface area contributed by atoms with Crippen molar-refractivity contribution in [3.63, 3.8) is 0 Å². The molecule has 262 valence electrons. The number of amides is 2. The Morgan fingerprint density at radius 3 is 2.39 bits per heavy atom. The van der Waals surface area contributed by atoms with Gasteiger partial charge in [0.2, 0.25) is 5.91 Å². The number of anilines is 1. The molecule has 0 aliphatic carbocycles. The minimum absolute atomic E-state index is 0.0359. The van der Waals surface area contributed by atoms with Crippen molar-refractivity contribution < 1.29 is 22.7 Å². The second-order valence-corrected chi connectivity index (χ2v) is 15.7. The van der Waals surface area contributed by atoms with Gasteiger partial charge in [-0.1, -0.05) is 41.4 Å². The monoisotopic (exact) mass is 728 g/mol. The maximum atomic E-state index is 14.0. The molecule has 2 saturated heterocycles. The van der Waals surface area contributed by atoms with Crippen LogP contribution in [0.15, 0.2) is 71.9 Å². The van der Waals surface area contributed by atoms with Gasteiger partial charge in [0.15, 0.2) is 0 Å². The number of nitrogens with zero attached hydrogens (tertiary/aromatic N) is 5. The number of aromatic nitrogens is 1. The molecule has 1 unspecified atom stereocenters. The van der Waals surface area contributed by atoms with Crippen molar-refractivity contribution in [2.24, 2.45) is 0 Å². The predicted molar refractivity (Wildman–Crippen MR) is 190 cm³/mol. The topological polar surface area (TPSA) is 115 Å². The number of aryl methyl sites for hydroxylation is 1. The first-order valence-electron chi connectivity index (χ1n) is 16.6. The normalized spacial score (nSPS) is 20.1. The number of carbonyl (C=O) groups excluding carboxylic acids is 2. The van der Waals surface area contributed by atoms with E-state index in [0.29, 0.717) is 56.6 Å². The van der Waals surface area contributed by atoms with Crippen molar-refractivity contribution >= 4 is 50.7 Å². The van der Waals surface area contributed by atoms with E-state index in [1.807, 2.05) is 23.1 Å². The molecule has 1 aromatic heterocycles. The molecular formula is C35H42Cl2N6O5S. The summed E-state index contributed by atoms with van der Waals surface area (Å²) in [6, 6.07) is 14.6. The van der Waals surface area contributed by atoms with E-state index in [4.69, 9.17) is 27.9 Å². The molecule has 3 aliphatic rings. The minimum atomic E-state index is -4.02. The standard InChI is InChI=1S/C35H42Cl2N6O5S/c1-40-18-20-42(21-19-40)35(25-39-34(45)27-10-14-38-15-11-27)12-16-41(17-13-35)33(44)24-48-23-28-7-6-26-4-2-3-5-32(26)43(28)49(46,47)29-8-9-30(36)31(37)22-29/h2-5,8-11,14-15,22,28H,6-7,12-13,16-21,23-25H2,1H3,(H,39,45). The number of sulfonamides is 1. The van der Waals surface area contributed by atoms with Crippen LogP contribution >= 0.6 is 23.2 Å². The third kappa shape index (κ3) is 7.90. The van der Waals surface area contributed by atoms with Crippen LogP contribution in [0, 0.1) is 0 Å². The summed E-state index contributed by atoms with van der Waals surface area (Å²) in [6.45, 7) is 5.14. The number of piperazine rings is 1. The SMILES string of the molecule is CN1CCN(C2(CNC(=O)c3ccncc3)CCN(C(=O)COCC3CCc4ccccc4N3S(=O)(=O)c3ccc(Cl)c(Cl)c3)CC2)CC1. The minimum Gasteiger partial charge on any atom is -0.369 e. The lowest BCUT2D eigenvalue weighted by Crippen LogP contribution is -2.64. The molecule has 2 aromatic carbocycles. The molecule has 3 aromatic rings. The van der Waals surface area contributed by atoms with E-state index in [1.165, 1.54) is 22.5 Å². The number of fused-ring (bicyclic) bond motifs is 1. The molecule has 49 heavy (non-hydrogen) atoms. The molecule has 0 saturated carbocycles. The fourth-order valence-electron chi connectivity index (χ4n) is 7.08. The zero-order valence-electron chi connectivity index (χ0n) is 27.6. The Bertz CT molecular complexity index is 1750. The van der Waals surface area contributed by atoms with Crippen LogP contribution in [0.25, 0.3) is 0 Å². The number of carbonyl (C=O) groups is 2. The lowest BCUT2D eigenvalue weighted by molar-refractivity contribution is -0.139.